The van der Waals surface area contributed by atoms with E-state index in [1.54, 1.807) is 0 Å². The lowest BCUT2D eigenvalue weighted by Crippen LogP contribution is -2.24. The summed E-state index contributed by atoms with van der Waals surface area (Å²) in [5.74, 6) is 0.770. The van der Waals surface area contributed by atoms with Gasteiger partial charge in [0, 0.05) is 6.42 Å². The Morgan fingerprint density at radius 3 is 2.64 bits per heavy atom. The highest BCUT2D eigenvalue weighted by Gasteiger charge is 2.34. The summed E-state index contributed by atoms with van der Waals surface area (Å²) >= 11 is 0. The standard InChI is InChI=1S/C18H20O4/c19-11-18-16(20)10-17(22-18)14-7-4-8-15(9-14)21-12-13-5-2-1-3-6-13/h1-9,16-20H,10-12H2/t16-,17+,18+/m0/s1. The Labute approximate surface area is 129 Å². The first-order chi connectivity index (χ1) is 10.8. The SMILES string of the molecule is OC[C@H]1O[C@@H](c2cccc(OCc3ccccc3)c2)C[C@@H]1O. The zero-order valence-electron chi connectivity index (χ0n) is 12.3. The van der Waals surface area contributed by atoms with Crippen molar-refractivity contribution >= 4 is 0 Å². The molecule has 22 heavy (non-hydrogen) atoms. The van der Waals surface area contributed by atoms with E-state index in [0.29, 0.717) is 13.0 Å². The average molecular weight is 300 g/mol. The highest BCUT2D eigenvalue weighted by molar-refractivity contribution is 5.31. The molecule has 1 heterocycles. The summed E-state index contributed by atoms with van der Waals surface area (Å²) in [6.45, 7) is 0.347. The highest BCUT2D eigenvalue weighted by atomic mass is 16.5. The Morgan fingerprint density at radius 1 is 1.09 bits per heavy atom. The van der Waals surface area contributed by atoms with Crippen LogP contribution in [0, 0.1) is 0 Å². The van der Waals surface area contributed by atoms with E-state index in [9.17, 15) is 5.11 Å². The molecule has 2 N–H and O–H groups in total. The third kappa shape index (κ3) is 3.47. The van der Waals surface area contributed by atoms with Crippen LogP contribution in [0.5, 0.6) is 5.75 Å². The molecular weight excluding hydrogens is 280 g/mol. The van der Waals surface area contributed by atoms with Crippen molar-refractivity contribution in [2.24, 2.45) is 0 Å². The molecule has 4 nitrogen and oxygen atoms in total. The van der Waals surface area contributed by atoms with Crippen LogP contribution in [-0.2, 0) is 11.3 Å². The minimum Gasteiger partial charge on any atom is -0.489 e. The van der Waals surface area contributed by atoms with Crippen LogP contribution in [0.25, 0.3) is 0 Å². The molecular formula is C18H20O4. The summed E-state index contributed by atoms with van der Waals surface area (Å²) in [7, 11) is 0. The van der Waals surface area contributed by atoms with Crippen LogP contribution in [0.1, 0.15) is 23.7 Å². The number of aliphatic hydroxyl groups is 2. The van der Waals surface area contributed by atoms with Crippen molar-refractivity contribution in [1.29, 1.82) is 0 Å². The predicted molar refractivity (Wildman–Crippen MR) is 82.5 cm³/mol. The Morgan fingerprint density at radius 2 is 1.91 bits per heavy atom. The molecule has 0 radical (unpaired) electrons. The largest absolute Gasteiger partial charge is 0.489 e. The smallest absolute Gasteiger partial charge is 0.120 e. The van der Waals surface area contributed by atoms with Crippen LogP contribution in [0.15, 0.2) is 54.6 Å². The van der Waals surface area contributed by atoms with Gasteiger partial charge in [0.25, 0.3) is 0 Å². The summed E-state index contributed by atoms with van der Waals surface area (Å²) in [5, 5.41) is 19.0. The quantitative estimate of drug-likeness (QED) is 0.890. The zero-order chi connectivity index (χ0) is 15.4. The van der Waals surface area contributed by atoms with Crippen molar-refractivity contribution in [2.75, 3.05) is 6.61 Å². The minimum atomic E-state index is -0.621. The number of aliphatic hydroxyl groups excluding tert-OH is 2. The van der Waals surface area contributed by atoms with Crippen LogP contribution < -0.4 is 4.74 Å². The average Bonchev–Trinajstić information content (AvgIpc) is 2.95. The molecule has 1 saturated heterocycles. The lowest BCUT2D eigenvalue weighted by molar-refractivity contribution is -0.0226. The van der Waals surface area contributed by atoms with Gasteiger partial charge in [0.2, 0.25) is 0 Å². The summed E-state index contributed by atoms with van der Waals surface area (Å²) in [5.41, 5.74) is 2.07. The van der Waals surface area contributed by atoms with Crippen molar-refractivity contribution in [3.8, 4) is 5.75 Å². The van der Waals surface area contributed by atoms with Gasteiger partial charge in [-0.1, -0.05) is 42.5 Å². The lowest BCUT2D eigenvalue weighted by atomic mass is 10.0. The van der Waals surface area contributed by atoms with Gasteiger partial charge in [0.15, 0.2) is 0 Å². The molecule has 4 heteroatoms. The number of rotatable bonds is 5. The van der Waals surface area contributed by atoms with E-state index in [-0.39, 0.29) is 12.7 Å². The van der Waals surface area contributed by atoms with Gasteiger partial charge in [-0.25, -0.2) is 0 Å². The molecule has 2 aromatic rings. The maximum atomic E-state index is 9.83. The monoisotopic (exact) mass is 300 g/mol. The van der Waals surface area contributed by atoms with E-state index in [1.165, 1.54) is 0 Å². The third-order valence-corrected chi connectivity index (χ3v) is 3.88. The number of ether oxygens (including phenoxy) is 2. The first kappa shape index (κ1) is 15.0. The van der Waals surface area contributed by atoms with Gasteiger partial charge in [-0.05, 0) is 23.3 Å². The highest BCUT2D eigenvalue weighted by Crippen LogP contribution is 2.34. The molecule has 0 aromatic heterocycles. The molecule has 1 fully saturated rings. The van der Waals surface area contributed by atoms with Crippen LogP contribution in [-0.4, -0.2) is 29.0 Å². The summed E-state index contributed by atoms with van der Waals surface area (Å²) in [6, 6.07) is 17.7. The second-order valence-electron chi connectivity index (χ2n) is 5.50. The second kappa shape index (κ2) is 6.92. The molecule has 3 atom stereocenters. The van der Waals surface area contributed by atoms with Gasteiger partial charge in [-0.2, -0.15) is 0 Å². The maximum Gasteiger partial charge on any atom is 0.120 e. The third-order valence-electron chi connectivity index (χ3n) is 3.88. The second-order valence-corrected chi connectivity index (χ2v) is 5.50. The van der Waals surface area contributed by atoms with Gasteiger partial charge in [0.1, 0.15) is 18.5 Å². The molecule has 0 aliphatic carbocycles. The lowest BCUT2D eigenvalue weighted by Gasteiger charge is -2.14. The van der Waals surface area contributed by atoms with Crippen LogP contribution >= 0.6 is 0 Å². The molecule has 3 rings (SSSR count). The van der Waals surface area contributed by atoms with E-state index in [0.717, 1.165) is 16.9 Å². The molecule has 0 spiro atoms. The van der Waals surface area contributed by atoms with Gasteiger partial charge >= 0.3 is 0 Å². The number of hydrogen-bond donors (Lipinski definition) is 2. The fourth-order valence-corrected chi connectivity index (χ4v) is 2.65. The first-order valence-corrected chi connectivity index (χ1v) is 7.47. The minimum absolute atomic E-state index is 0.165. The van der Waals surface area contributed by atoms with E-state index in [4.69, 9.17) is 14.6 Å². The fraction of sp³-hybridized carbons (Fsp3) is 0.333. The van der Waals surface area contributed by atoms with Crippen molar-refractivity contribution in [2.45, 2.75) is 31.3 Å². The molecule has 2 aromatic carbocycles. The van der Waals surface area contributed by atoms with Crippen LogP contribution in [0.4, 0.5) is 0 Å². The van der Waals surface area contributed by atoms with Gasteiger partial charge in [-0.3, -0.25) is 0 Å². The molecule has 0 saturated carbocycles. The maximum absolute atomic E-state index is 9.83. The van der Waals surface area contributed by atoms with Crippen LogP contribution in [0.3, 0.4) is 0 Å². The molecule has 0 bridgehead atoms. The van der Waals surface area contributed by atoms with Crippen molar-refractivity contribution in [3.05, 3.63) is 65.7 Å². The molecule has 0 unspecified atom stereocenters. The number of hydrogen-bond acceptors (Lipinski definition) is 4. The Hall–Kier alpha value is -1.88. The van der Waals surface area contributed by atoms with Gasteiger partial charge in [0.05, 0.1) is 18.8 Å². The van der Waals surface area contributed by atoms with Gasteiger partial charge < -0.3 is 19.7 Å². The normalized spacial score (nSPS) is 24.4. The van der Waals surface area contributed by atoms with E-state index >= 15 is 0 Å². The zero-order valence-corrected chi connectivity index (χ0v) is 12.3. The number of benzene rings is 2. The molecule has 1 aliphatic rings. The Bertz CT molecular complexity index is 599. The summed E-state index contributed by atoms with van der Waals surface area (Å²) in [4.78, 5) is 0. The fourth-order valence-electron chi connectivity index (χ4n) is 2.65. The van der Waals surface area contributed by atoms with Crippen molar-refractivity contribution in [1.82, 2.24) is 0 Å². The molecule has 116 valence electrons. The Kier molecular flexibility index (Phi) is 4.73. The first-order valence-electron chi connectivity index (χ1n) is 7.47. The molecule has 1 aliphatic heterocycles. The topological polar surface area (TPSA) is 58.9 Å². The van der Waals surface area contributed by atoms with E-state index < -0.39 is 12.2 Å². The van der Waals surface area contributed by atoms with Gasteiger partial charge in [-0.15, -0.1) is 0 Å². The van der Waals surface area contributed by atoms with Crippen molar-refractivity contribution < 1.29 is 19.7 Å². The summed E-state index contributed by atoms with van der Waals surface area (Å²) in [6.07, 6.45) is -0.830. The van der Waals surface area contributed by atoms with E-state index in [2.05, 4.69) is 0 Å². The predicted octanol–water partition coefficient (Wildman–Crippen LogP) is 2.45. The van der Waals surface area contributed by atoms with Crippen LogP contribution in [0.2, 0.25) is 0 Å². The van der Waals surface area contributed by atoms with Crippen molar-refractivity contribution in [3.63, 3.8) is 0 Å². The summed E-state index contributed by atoms with van der Waals surface area (Å²) < 4.78 is 11.5. The Balaban J connectivity index is 1.65. The van der Waals surface area contributed by atoms with E-state index in [1.807, 2.05) is 54.6 Å². The molecule has 0 amide bonds.